The standard InChI is InChI=1S/C38H44BrN5O5Si/c1-38(2,3)50(30-12-8-6-9-13-30,31-14-10-7-11-15-31)49-25-28-18-16-27(24-44(28)37(45)46)36-42-34(39)33-35(40-20-21-43(33)36)41-23-26-17-19-29(47-4)22-32(26)48-5/h6-15,17,19-22,27-28H,16,18,23-25H2,1-5H3,(H,40,41)(H,45,46). The summed E-state index contributed by atoms with van der Waals surface area (Å²) in [7, 11) is 0.425. The van der Waals surface area contributed by atoms with E-state index in [-0.39, 0.29) is 17.0 Å². The second kappa shape index (κ2) is 14.8. The second-order valence-corrected chi connectivity index (χ2v) is 18.7. The molecule has 2 atom stereocenters. The SMILES string of the molecule is COc1ccc(CNc2nccn3c(C4CCC(CO[Si](c5ccccc5)(c5ccccc5)C(C)(C)C)N(C(=O)O)C4)nc(Br)c23)c(OC)c1. The average Bonchev–Trinajstić information content (AvgIpc) is 3.47. The van der Waals surface area contributed by atoms with Crippen LogP contribution in [0, 0.1) is 0 Å². The number of aromatic nitrogens is 3. The highest BCUT2D eigenvalue weighted by Gasteiger charge is 2.51. The number of carbonyl (C=O) groups is 1. The Labute approximate surface area is 302 Å². The fourth-order valence-corrected chi connectivity index (χ4v) is 12.4. The van der Waals surface area contributed by atoms with Crippen LogP contribution < -0.4 is 25.2 Å². The number of amides is 1. The molecule has 3 aromatic carbocycles. The summed E-state index contributed by atoms with van der Waals surface area (Å²) in [6.45, 7) is 7.79. The van der Waals surface area contributed by atoms with Gasteiger partial charge in [-0.3, -0.25) is 4.40 Å². The van der Waals surface area contributed by atoms with Crippen LogP contribution in [-0.2, 0) is 11.0 Å². The first-order chi connectivity index (χ1) is 24.1. The number of ether oxygens (including phenoxy) is 2. The van der Waals surface area contributed by atoms with Gasteiger partial charge in [-0.1, -0.05) is 81.4 Å². The van der Waals surface area contributed by atoms with Gasteiger partial charge >= 0.3 is 6.09 Å². The molecule has 2 N–H and O–H groups in total. The van der Waals surface area contributed by atoms with E-state index in [0.717, 1.165) is 23.3 Å². The molecule has 262 valence electrons. The second-order valence-electron chi connectivity index (χ2n) is 13.6. The highest BCUT2D eigenvalue weighted by Crippen LogP contribution is 2.39. The summed E-state index contributed by atoms with van der Waals surface area (Å²) >= 11 is 3.68. The number of carboxylic acid groups (broad SMARTS) is 1. The molecule has 12 heteroatoms. The van der Waals surface area contributed by atoms with Gasteiger partial charge < -0.3 is 29.2 Å². The third-order valence-electron chi connectivity index (χ3n) is 9.71. The maximum absolute atomic E-state index is 12.8. The minimum absolute atomic E-state index is 0.119. The quantitative estimate of drug-likeness (QED) is 0.140. The van der Waals surface area contributed by atoms with Gasteiger partial charge in [-0.25, -0.2) is 14.8 Å². The Morgan fingerprint density at radius 1 is 1.00 bits per heavy atom. The number of anilines is 1. The molecule has 0 saturated carbocycles. The molecule has 10 nitrogen and oxygen atoms in total. The largest absolute Gasteiger partial charge is 0.497 e. The summed E-state index contributed by atoms with van der Waals surface area (Å²) in [5.41, 5.74) is 1.73. The highest BCUT2D eigenvalue weighted by molar-refractivity contribution is 9.10. The number of fused-ring (bicyclic) bond motifs is 1. The number of hydrogen-bond acceptors (Lipinski definition) is 7. The lowest BCUT2D eigenvalue weighted by atomic mass is 9.92. The van der Waals surface area contributed by atoms with Gasteiger partial charge in [-0.15, -0.1) is 0 Å². The zero-order valence-corrected chi connectivity index (χ0v) is 31.7. The summed E-state index contributed by atoms with van der Waals surface area (Å²) in [6.07, 6.45) is 4.07. The van der Waals surface area contributed by atoms with Crippen LogP contribution in [-0.4, -0.2) is 72.2 Å². The van der Waals surface area contributed by atoms with E-state index in [1.807, 2.05) is 40.9 Å². The monoisotopic (exact) mass is 757 g/mol. The number of likely N-dealkylation sites (tertiary alicyclic amines) is 1. The maximum Gasteiger partial charge on any atom is 0.407 e. The molecule has 3 heterocycles. The Morgan fingerprint density at radius 2 is 1.68 bits per heavy atom. The van der Waals surface area contributed by atoms with E-state index in [9.17, 15) is 9.90 Å². The van der Waals surface area contributed by atoms with E-state index in [4.69, 9.17) is 18.9 Å². The topological polar surface area (TPSA) is 110 Å². The number of piperidine rings is 1. The van der Waals surface area contributed by atoms with Gasteiger partial charge in [0.25, 0.3) is 8.32 Å². The predicted molar refractivity (Wildman–Crippen MR) is 202 cm³/mol. The molecule has 1 saturated heterocycles. The molecule has 0 radical (unpaired) electrons. The van der Waals surface area contributed by atoms with E-state index in [1.165, 1.54) is 10.4 Å². The van der Waals surface area contributed by atoms with Crippen molar-refractivity contribution in [2.75, 3.05) is 32.7 Å². The Kier molecular flexibility index (Phi) is 10.5. The summed E-state index contributed by atoms with van der Waals surface area (Å²) in [4.78, 5) is 23.9. The van der Waals surface area contributed by atoms with Crippen molar-refractivity contribution in [2.24, 2.45) is 0 Å². The number of rotatable bonds is 11. The number of nitrogens with zero attached hydrogens (tertiary/aromatic N) is 4. The molecular formula is C38H44BrN5O5Si. The molecule has 0 bridgehead atoms. The van der Waals surface area contributed by atoms with Gasteiger partial charge in [-0.05, 0) is 56.3 Å². The summed E-state index contributed by atoms with van der Waals surface area (Å²) in [5, 5.41) is 16.1. The smallest absolute Gasteiger partial charge is 0.407 e. The van der Waals surface area contributed by atoms with Crippen molar-refractivity contribution in [3.8, 4) is 11.5 Å². The molecule has 5 aromatic rings. The Hall–Kier alpha value is -4.39. The zero-order chi connectivity index (χ0) is 35.5. The summed E-state index contributed by atoms with van der Waals surface area (Å²) < 4.78 is 20.8. The van der Waals surface area contributed by atoms with Crippen LogP contribution >= 0.6 is 15.9 Å². The Morgan fingerprint density at radius 3 is 2.28 bits per heavy atom. The zero-order valence-electron chi connectivity index (χ0n) is 29.1. The van der Waals surface area contributed by atoms with Crippen LogP contribution in [0.2, 0.25) is 5.04 Å². The molecule has 0 aliphatic carbocycles. The Bertz CT molecular complexity index is 1900. The van der Waals surface area contributed by atoms with E-state index in [2.05, 4.69) is 95.5 Å². The number of benzene rings is 3. The number of hydrogen-bond donors (Lipinski definition) is 2. The molecule has 1 fully saturated rings. The first-order valence-electron chi connectivity index (χ1n) is 16.8. The lowest BCUT2D eigenvalue weighted by Gasteiger charge is -2.45. The van der Waals surface area contributed by atoms with Crippen molar-refractivity contribution in [2.45, 2.75) is 57.2 Å². The Balaban J connectivity index is 1.24. The average molecular weight is 759 g/mol. The molecule has 1 amide bonds. The molecular weight excluding hydrogens is 714 g/mol. The van der Waals surface area contributed by atoms with Crippen LogP contribution in [0.25, 0.3) is 5.52 Å². The van der Waals surface area contributed by atoms with Gasteiger partial charge in [0.1, 0.15) is 27.4 Å². The van der Waals surface area contributed by atoms with Gasteiger partial charge in [0.2, 0.25) is 0 Å². The molecule has 0 spiro atoms. The number of halogens is 1. The third kappa shape index (κ3) is 6.84. The highest BCUT2D eigenvalue weighted by atomic mass is 79.9. The molecule has 2 aromatic heterocycles. The fraction of sp³-hybridized carbons (Fsp3) is 0.342. The molecule has 50 heavy (non-hydrogen) atoms. The third-order valence-corrected chi connectivity index (χ3v) is 15.3. The first-order valence-corrected chi connectivity index (χ1v) is 19.5. The normalized spacial score (nSPS) is 16.7. The minimum Gasteiger partial charge on any atom is -0.497 e. The van der Waals surface area contributed by atoms with Gasteiger partial charge in [0, 0.05) is 43.0 Å². The van der Waals surface area contributed by atoms with Crippen molar-refractivity contribution < 1.29 is 23.8 Å². The van der Waals surface area contributed by atoms with Crippen molar-refractivity contribution >= 4 is 52.0 Å². The van der Waals surface area contributed by atoms with E-state index in [1.54, 1.807) is 25.3 Å². The lowest BCUT2D eigenvalue weighted by molar-refractivity contribution is 0.0735. The van der Waals surface area contributed by atoms with Crippen LogP contribution in [0.4, 0.5) is 10.6 Å². The number of nitrogens with one attached hydrogen (secondary N) is 1. The summed E-state index contributed by atoms with van der Waals surface area (Å²) in [6, 6.07) is 26.3. The van der Waals surface area contributed by atoms with E-state index in [0.29, 0.717) is 48.0 Å². The van der Waals surface area contributed by atoms with Gasteiger partial charge in [0.15, 0.2) is 5.82 Å². The van der Waals surface area contributed by atoms with Crippen molar-refractivity contribution in [1.82, 2.24) is 19.3 Å². The minimum atomic E-state index is -2.83. The number of methoxy groups -OCH3 is 2. The fourth-order valence-electron chi connectivity index (χ4n) is 7.24. The van der Waals surface area contributed by atoms with Crippen LogP contribution in [0.1, 0.15) is 50.9 Å². The van der Waals surface area contributed by atoms with Crippen LogP contribution in [0.5, 0.6) is 11.5 Å². The molecule has 6 rings (SSSR count). The number of imidazole rings is 1. The molecule has 1 aliphatic rings. The van der Waals surface area contributed by atoms with Crippen LogP contribution in [0.3, 0.4) is 0 Å². The van der Waals surface area contributed by atoms with E-state index >= 15 is 0 Å². The van der Waals surface area contributed by atoms with Crippen molar-refractivity contribution in [3.05, 3.63) is 107 Å². The van der Waals surface area contributed by atoms with Gasteiger partial charge in [-0.2, -0.15) is 0 Å². The molecule has 1 aliphatic heterocycles. The van der Waals surface area contributed by atoms with Gasteiger partial charge in [0.05, 0.1) is 26.9 Å². The first kappa shape index (κ1) is 35.4. The maximum atomic E-state index is 12.8. The summed E-state index contributed by atoms with van der Waals surface area (Å²) in [5.74, 6) is 2.75. The molecule has 2 unspecified atom stereocenters. The van der Waals surface area contributed by atoms with Crippen molar-refractivity contribution in [3.63, 3.8) is 0 Å². The van der Waals surface area contributed by atoms with Crippen LogP contribution in [0.15, 0.2) is 95.9 Å². The predicted octanol–water partition coefficient (Wildman–Crippen LogP) is 6.92. The van der Waals surface area contributed by atoms with E-state index < -0.39 is 14.4 Å². The van der Waals surface area contributed by atoms with Crippen molar-refractivity contribution in [1.29, 1.82) is 0 Å². The lowest BCUT2D eigenvalue weighted by Crippen LogP contribution is -2.67.